The van der Waals surface area contributed by atoms with E-state index >= 15 is 0 Å². The van der Waals surface area contributed by atoms with E-state index in [0.717, 1.165) is 13.0 Å². The summed E-state index contributed by atoms with van der Waals surface area (Å²) < 4.78 is 0. The molecule has 100 valence electrons. The molecule has 0 spiro atoms. The first-order valence-electron chi connectivity index (χ1n) is 7.32. The van der Waals surface area contributed by atoms with Crippen LogP contribution in [0.15, 0.2) is 48.5 Å². The van der Waals surface area contributed by atoms with Crippen molar-refractivity contribution in [1.82, 2.24) is 4.98 Å². The summed E-state index contributed by atoms with van der Waals surface area (Å²) in [6.07, 6.45) is 1.15. The molecule has 1 aliphatic rings. The summed E-state index contributed by atoms with van der Waals surface area (Å²) in [6, 6.07) is 18.0. The number of benzene rings is 2. The molecule has 0 saturated carbocycles. The van der Waals surface area contributed by atoms with Gasteiger partial charge >= 0.3 is 0 Å². The van der Waals surface area contributed by atoms with Gasteiger partial charge in [-0.1, -0.05) is 42.0 Å². The van der Waals surface area contributed by atoms with E-state index in [1.807, 2.05) is 0 Å². The minimum Gasteiger partial charge on any atom is -0.353 e. The first-order valence-corrected chi connectivity index (χ1v) is 7.32. The molecule has 2 aromatic carbocycles. The van der Waals surface area contributed by atoms with E-state index in [9.17, 15) is 0 Å². The number of aromatic nitrogens is 1. The fraction of sp³-hybridized carbons (Fsp3) is 0.222. The smallest absolute Gasteiger partial charge is 0.153 e. The molecule has 1 aliphatic heterocycles. The summed E-state index contributed by atoms with van der Waals surface area (Å²) in [6.45, 7) is 3.33. The predicted molar refractivity (Wildman–Crippen MR) is 81.8 cm³/mol. The average molecular weight is 263 g/mol. The lowest BCUT2D eigenvalue weighted by Crippen LogP contribution is -2.87. The summed E-state index contributed by atoms with van der Waals surface area (Å²) in [5.74, 6) is 0. The van der Waals surface area contributed by atoms with Crippen LogP contribution in [0.3, 0.4) is 0 Å². The molecule has 0 amide bonds. The minimum absolute atomic E-state index is 0.408. The van der Waals surface area contributed by atoms with Crippen LogP contribution in [-0.4, -0.2) is 11.5 Å². The molecular formula is C18H19N2+. The normalized spacial score (nSPS) is 18.1. The van der Waals surface area contributed by atoms with Gasteiger partial charge in [0.15, 0.2) is 6.04 Å². The van der Waals surface area contributed by atoms with Gasteiger partial charge in [-0.05, 0) is 24.6 Å². The average Bonchev–Trinajstić information content (AvgIpc) is 2.86. The maximum atomic E-state index is 3.65. The number of para-hydroxylation sites is 1. The zero-order valence-corrected chi connectivity index (χ0v) is 11.7. The Bertz CT molecular complexity index is 770. The highest BCUT2D eigenvalue weighted by atomic mass is 15.0. The van der Waals surface area contributed by atoms with E-state index < -0.39 is 0 Å². The zero-order valence-electron chi connectivity index (χ0n) is 11.7. The second-order valence-corrected chi connectivity index (χ2v) is 5.73. The summed E-state index contributed by atoms with van der Waals surface area (Å²) >= 11 is 0. The highest BCUT2D eigenvalue weighted by Gasteiger charge is 2.28. The van der Waals surface area contributed by atoms with Crippen LogP contribution in [0.1, 0.15) is 28.4 Å². The quantitative estimate of drug-likeness (QED) is 0.677. The summed E-state index contributed by atoms with van der Waals surface area (Å²) in [4.78, 5) is 3.65. The molecule has 3 N–H and O–H groups in total. The number of H-pyrrole nitrogens is 1. The molecule has 2 nitrogen and oxygen atoms in total. The van der Waals surface area contributed by atoms with Crippen molar-refractivity contribution < 1.29 is 5.32 Å². The molecule has 0 radical (unpaired) electrons. The van der Waals surface area contributed by atoms with Crippen molar-refractivity contribution in [2.75, 3.05) is 6.54 Å². The summed E-state index contributed by atoms with van der Waals surface area (Å²) in [5, 5.41) is 3.85. The van der Waals surface area contributed by atoms with Crippen LogP contribution >= 0.6 is 0 Å². The Morgan fingerprint density at radius 2 is 2.00 bits per heavy atom. The third-order valence-corrected chi connectivity index (χ3v) is 4.36. The van der Waals surface area contributed by atoms with Gasteiger partial charge in [0.1, 0.15) is 0 Å². The molecular weight excluding hydrogens is 244 g/mol. The third kappa shape index (κ3) is 1.76. The van der Waals surface area contributed by atoms with Crippen LogP contribution in [0.4, 0.5) is 0 Å². The molecule has 20 heavy (non-hydrogen) atoms. The van der Waals surface area contributed by atoms with Crippen molar-refractivity contribution >= 4 is 10.9 Å². The van der Waals surface area contributed by atoms with Crippen molar-refractivity contribution in [3.05, 3.63) is 70.9 Å². The summed E-state index contributed by atoms with van der Waals surface area (Å²) in [5.41, 5.74) is 6.90. The molecule has 1 atom stereocenters. The number of nitrogens with one attached hydrogen (secondary N) is 1. The number of aromatic amines is 1. The van der Waals surface area contributed by atoms with Gasteiger partial charge in [-0.25, -0.2) is 0 Å². The van der Waals surface area contributed by atoms with Crippen LogP contribution in [0.25, 0.3) is 10.9 Å². The van der Waals surface area contributed by atoms with Gasteiger partial charge in [0.25, 0.3) is 0 Å². The van der Waals surface area contributed by atoms with Crippen molar-refractivity contribution in [3.63, 3.8) is 0 Å². The Balaban J connectivity index is 1.90. The van der Waals surface area contributed by atoms with Gasteiger partial charge in [-0.3, -0.25) is 0 Å². The van der Waals surface area contributed by atoms with Crippen molar-refractivity contribution in [1.29, 1.82) is 0 Å². The number of nitrogens with two attached hydrogens (primary N) is 1. The van der Waals surface area contributed by atoms with Gasteiger partial charge in [0.2, 0.25) is 0 Å². The maximum Gasteiger partial charge on any atom is 0.153 e. The van der Waals surface area contributed by atoms with E-state index in [1.54, 1.807) is 0 Å². The van der Waals surface area contributed by atoms with Crippen molar-refractivity contribution in [2.24, 2.45) is 0 Å². The largest absolute Gasteiger partial charge is 0.353 e. The first kappa shape index (κ1) is 11.7. The fourth-order valence-corrected chi connectivity index (χ4v) is 3.43. The number of quaternary nitrogens is 1. The van der Waals surface area contributed by atoms with Crippen molar-refractivity contribution in [3.8, 4) is 0 Å². The van der Waals surface area contributed by atoms with Crippen LogP contribution in [0.5, 0.6) is 0 Å². The predicted octanol–water partition coefficient (Wildman–Crippen LogP) is 2.69. The number of hydrogen-bond donors (Lipinski definition) is 2. The van der Waals surface area contributed by atoms with Gasteiger partial charge < -0.3 is 10.3 Å². The first-order chi connectivity index (χ1) is 9.83. The van der Waals surface area contributed by atoms with Crippen LogP contribution in [-0.2, 0) is 6.42 Å². The maximum absolute atomic E-state index is 3.65. The van der Waals surface area contributed by atoms with Gasteiger partial charge in [0, 0.05) is 22.9 Å². The van der Waals surface area contributed by atoms with E-state index in [-0.39, 0.29) is 0 Å². The fourth-order valence-electron chi connectivity index (χ4n) is 3.43. The molecule has 0 aliphatic carbocycles. The molecule has 0 bridgehead atoms. The summed E-state index contributed by atoms with van der Waals surface area (Å²) in [7, 11) is 0. The number of aryl methyl sites for hydroxylation is 1. The second-order valence-electron chi connectivity index (χ2n) is 5.73. The lowest BCUT2D eigenvalue weighted by atomic mass is 9.94. The van der Waals surface area contributed by atoms with E-state index in [2.05, 4.69) is 65.8 Å². The van der Waals surface area contributed by atoms with Gasteiger partial charge in [-0.15, -0.1) is 0 Å². The Morgan fingerprint density at radius 3 is 2.90 bits per heavy atom. The van der Waals surface area contributed by atoms with Gasteiger partial charge in [-0.2, -0.15) is 0 Å². The molecule has 0 unspecified atom stereocenters. The molecule has 4 rings (SSSR count). The van der Waals surface area contributed by atoms with Crippen molar-refractivity contribution in [2.45, 2.75) is 19.4 Å². The monoisotopic (exact) mass is 263 g/mol. The second kappa shape index (κ2) is 4.50. The van der Waals surface area contributed by atoms with Crippen LogP contribution in [0.2, 0.25) is 0 Å². The highest BCUT2D eigenvalue weighted by Crippen LogP contribution is 2.30. The molecule has 0 saturated heterocycles. The lowest BCUT2D eigenvalue weighted by Gasteiger charge is -2.21. The molecule has 2 heterocycles. The standard InChI is InChI=1S/C18H18N2/c1-12-5-4-6-13(11-12)17-18-15(9-10-19-17)14-7-2-3-8-16(14)20-18/h2-8,11,17,19-20H,9-10H2,1H3/p+1/t17-/m0/s1. The number of rotatable bonds is 1. The van der Waals surface area contributed by atoms with E-state index in [0.29, 0.717) is 6.04 Å². The SMILES string of the molecule is Cc1cccc([C@@H]2[NH2+]CCc3c2[nH]c2ccccc32)c1. The lowest BCUT2D eigenvalue weighted by molar-refractivity contribution is -0.690. The number of hydrogen-bond acceptors (Lipinski definition) is 0. The highest BCUT2D eigenvalue weighted by molar-refractivity contribution is 5.85. The molecule has 3 aromatic rings. The van der Waals surface area contributed by atoms with E-state index in [1.165, 1.54) is 33.3 Å². The third-order valence-electron chi connectivity index (χ3n) is 4.36. The number of fused-ring (bicyclic) bond motifs is 3. The zero-order chi connectivity index (χ0) is 13.5. The van der Waals surface area contributed by atoms with Crippen LogP contribution in [0, 0.1) is 6.92 Å². The minimum atomic E-state index is 0.408. The molecule has 1 aromatic heterocycles. The Hall–Kier alpha value is -2.06. The molecule has 2 heteroatoms. The van der Waals surface area contributed by atoms with Gasteiger partial charge in [0.05, 0.1) is 12.2 Å². The Labute approximate surface area is 118 Å². The topological polar surface area (TPSA) is 32.4 Å². The van der Waals surface area contributed by atoms with Crippen LogP contribution < -0.4 is 5.32 Å². The van der Waals surface area contributed by atoms with E-state index in [4.69, 9.17) is 0 Å². The Morgan fingerprint density at radius 1 is 1.10 bits per heavy atom. The Kier molecular flexibility index (Phi) is 2.64. The molecule has 0 fully saturated rings.